The van der Waals surface area contributed by atoms with Gasteiger partial charge in [0.15, 0.2) is 0 Å². The molecule has 2 heteroatoms. The lowest BCUT2D eigenvalue weighted by Crippen LogP contribution is -1.85. The molecule has 0 spiro atoms. The Hall–Kier alpha value is -0.920. The van der Waals surface area contributed by atoms with Crippen molar-refractivity contribution >= 4 is 12.9 Å². The molecular weight excluding hydrogens is 124 g/mol. The third kappa shape index (κ3) is 1.79. The fourth-order valence-corrected chi connectivity index (χ4v) is 0.915. The molecule has 0 atom stereocenters. The van der Waals surface area contributed by atoms with Gasteiger partial charge in [-0.1, -0.05) is 0 Å². The molecule has 54 valence electrons. The minimum Gasteiger partial charge on any atom is -0.296 e. The van der Waals surface area contributed by atoms with E-state index in [1.54, 1.807) is 13.2 Å². The largest absolute Gasteiger partial charge is 0.296 e. The number of aliphatic imine (C=N–C) groups is 2. The van der Waals surface area contributed by atoms with Crippen molar-refractivity contribution in [1.29, 1.82) is 0 Å². The third-order valence-electron chi connectivity index (χ3n) is 1.57. The molecule has 1 saturated carbocycles. The first-order chi connectivity index (χ1) is 4.88. The van der Waals surface area contributed by atoms with Gasteiger partial charge in [-0.05, 0) is 31.1 Å². The van der Waals surface area contributed by atoms with E-state index in [1.807, 2.05) is 6.21 Å². The average Bonchev–Trinajstić information content (AvgIpc) is 2.69. The lowest BCUT2D eigenvalue weighted by molar-refractivity contribution is 1.07. The summed E-state index contributed by atoms with van der Waals surface area (Å²) in [5.41, 5.74) is 1.22. The van der Waals surface area contributed by atoms with Gasteiger partial charge in [0.25, 0.3) is 0 Å². The van der Waals surface area contributed by atoms with Crippen molar-refractivity contribution in [1.82, 2.24) is 0 Å². The summed E-state index contributed by atoms with van der Waals surface area (Å²) >= 11 is 0. The number of hydrogen-bond donors (Lipinski definition) is 0. The van der Waals surface area contributed by atoms with Crippen LogP contribution in [-0.2, 0) is 0 Å². The Kier molecular flexibility index (Phi) is 2.37. The molecule has 2 nitrogen and oxygen atoms in total. The van der Waals surface area contributed by atoms with Crippen LogP contribution in [0.5, 0.6) is 0 Å². The number of nitrogens with zero attached hydrogens (tertiary/aromatic N) is 2. The van der Waals surface area contributed by atoms with Crippen LogP contribution in [0.2, 0.25) is 0 Å². The molecule has 0 saturated heterocycles. The SMILES string of the molecule is C=N/C=C(\C=NC)C1CC1. The molecule has 1 aliphatic carbocycles. The number of hydrogen-bond acceptors (Lipinski definition) is 2. The van der Waals surface area contributed by atoms with Crippen LogP contribution in [0.1, 0.15) is 12.8 Å². The highest BCUT2D eigenvalue weighted by atomic mass is 14.7. The van der Waals surface area contributed by atoms with E-state index >= 15 is 0 Å². The Labute approximate surface area is 61.4 Å². The highest BCUT2D eigenvalue weighted by Crippen LogP contribution is 2.35. The molecule has 0 N–H and O–H groups in total. The first-order valence-corrected chi connectivity index (χ1v) is 3.46. The van der Waals surface area contributed by atoms with Crippen LogP contribution < -0.4 is 0 Å². The minimum absolute atomic E-state index is 0.717. The van der Waals surface area contributed by atoms with E-state index in [-0.39, 0.29) is 0 Å². The van der Waals surface area contributed by atoms with Gasteiger partial charge in [0.2, 0.25) is 0 Å². The topological polar surface area (TPSA) is 24.7 Å². The Balaban J connectivity index is 2.57. The van der Waals surface area contributed by atoms with Gasteiger partial charge in [0.1, 0.15) is 0 Å². The van der Waals surface area contributed by atoms with Gasteiger partial charge in [-0.15, -0.1) is 0 Å². The summed E-state index contributed by atoms with van der Waals surface area (Å²) in [5, 5.41) is 0. The molecular formula is C8H12N2. The second kappa shape index (κ2) is 3.30. The summed E-state index contributed by atoms with van der Waals surface area (Å²) < 4.78 is 0. The molecule has 10 heavy (non-hydrogen) atoms. The molecule has 0 heterocycles. The van der Waals surface area contributed by atoms with Crippen molar-refractivity contribution < 1.29 is 0 Å². The van der Waals surface area contributed by atoms with Crippen LogP contribution in [0.25, 0.3) is 0 Å². The zero-order valence-corrected chi connectivity index (χ0v) is 6.25. The van der Waals surface area contributed by atoms with Gasteiger partial charge in [0, 0.05) is 19.5 Å². The first kappa shape index (κ1) is 7.19. The molecule has 0 aromatic rings. The molecule has 0 aromatic heterocycles. The molecule has 1 rings (SSSR count). The van der Waals surface area contributed by atoms with E-state index in [1.165, 1.54) is 18.4 Å². The van der Waals surface area contributed by atoms with Crippen LogP contribution >= 0.6 is 0 Å². The van der Waals surface area contributed by atoms with Gasteiger partial charge in [-0.3, -0.25) is 9.98 Å². The molecule has 1 fully saturated rings. The Morgan fingerprint density at radius 3 is 2.70 bits per heavy atom. The molecule has 0 unspecified atom stereocenters. The van der Waals surface area contributed by atoms with Crippen LogP contribution in [0, 0.1) is 5.92 Å². The minimum atomic E-state index is 0.717. The maximum absolute atomic E-state index is 3.93. The normalized spacial score (nSPS) is 19.9. The summed E-state index contributed by atoms with van der Waals surface area (Å²) in [4.78, 5) is 7.65. The van der Waals surface area contributed by atoms with Crippen molar-refractivity contribution in [2.24, 2.45) is 15.9 Å². The molecule has 0 amide bonds. The van der Waals surface area contributed by atoms with Crippen molar-refractivity contribution in [2.75, 3.05) is 7.05 Å². The third-order valence-corrected chi connectivity index (χ3v) is 1.57. The lowest BCUT2D eigenvalue weighted by Gasteiger charge is -1.92. The summed E-state index contributed by atoms with van der Waals surface area (Å²) in [6.07, 6.45) is 6.23. The smallest absolute Gasteiger partial charge is 0.0310 e. The maximum atomic E-state index is 3.93. The van der Waals surface area contributed by atoms with Gasteiger partial charge >= 0.3 is 0 Å². The van der Waals surface area contributed by atoms with E-state index in [4.69, 9.17) is 0 Å². The Morgan fingerprint density at radius 1 is 1.60 bits per heavy atom. The second-order valence-corrected chi connectivity index (χ2v) is 2.47. The van der Waals surface area contributed by atoms with Crippen LogP contribution in [0.4, 0.5) is 0 Å². The van der Waals surface area contributed by atoms with Crippen molar-refractivity contribution in [3.8, 4) is 0 Å². The predicted molar refractivity (Wildman–Crippen MR) is 44.8 cm³/mol. The summed E-state index contributed by atoms with van der Waals surface area (Å²) in [6.45, 7) is 3.40. The highest BCUT2D eigenvalue weighted by Gasteiger charge is 2.24. The van der Waals surface area contributed by atoms with E-state index in [9.17, 15) is 0 Å². The van der Waals surface area contributed by atoms with E-state index in [0.29, 0.717) is 5.92 Å². The lowest BCUT2D eigenvalue weighted by atomic mass is 10.2. The zero-order chi connectivity index (χ0) is 7.40. The molecule has 1 aliphatic rings. The monoisotopic (exact) mass is 136 g/mol. The van der Waals surface area contributed by atoms with Crippen LogP contribution in [0.3, 0.4) is 0 Å². The van der Waals surface area contributed by atoms with Gasteiger partial charge in [-0.25, -0.2) is 0 Å². The van der Waals surface area contributed by atoms with Gasteiger partial charge < -0.3 is 0 Å². The molecule has 0 aliphatic heterocycles. The fraction of sp³-hybridized carbons (Fsp3) is 0.500. The van der Waals surface area contributed by atoms with E-state index < -0.39 is 0 Å². The molecule has 0 bridgehead atoms. The number of allylic oxidation sites excluding steroid dienone is 1. The maximum Gasteiger partial charge on any atom is 0.0310 e. The molecule has 0 radical (unpaired) electrons. The fourth-order valence-electron chi connectivity index (χ4n) is 0.915. The highest BCUT2D eigenvalue weighted by molar-refractivity contribution is 5.79. The number of rotatable bonds is 3. The first-order valence-electron chi connectivity index (χ1n) is 3.46. The summed E-state index contributed by atoms with van der Waals surface area (Å²) in [6, 6.07) is 0. The van der Waals surface area contributed by atoms with Gasteiger partial charge in [0.05, 0.1) is 0 Å². The predicted octanol–water partition coefficient (Wildman–Crippen LogP) is 1.68. The summed E-state index contributed by atoms with van der Waals surface area (Å²) in [5.74, 6) is 0.717. The Bertz CT molecular complexity index is 176. The quantitative estimate of drug-likeness (QED) is 0.527. The van der Waals surface area contributed by atoms with Gasteiger partial charge in [-0.2, -0.15) is 0 Å². The summed E-state index contributed by atoms with van der Waals surface area (Å²) in [7, 11) is 1.78. The second-order valence-electron chi connectivity index (χ2n) is 2.47. The zero-order valence-electron chi connectivity index (χ0n) is 6.25. The van der Waals surface area contributed by atoms with Crippen molar-refractivity contribution in [2.45, 2.75) is 12.8 Å². The Morgan fingerprint density at radius 2 is 2.30 bits per heavy atom. The average molecular weight is 136 g/mol. The van der Waals surface area contributed by atoms with Crippen LogP contribution in [0.15, 0.2) is 21.8 Å². The van der Waals surface area contributed by atoms with E-state index in [0.717, 1.165) is 0 Å². The van der Waals surface area contributed by atoms with Crippen molar-refractivity contribution in [3.63, 3.8) is 0 Å². The standard InChI is InChI=1S/C8H12N2/c1-9-5-8(6-10-2)7-3-4-7/h5-7H,1,3-4H2,2H3/b8-5+,10-6?. The van der Waals surface area contributed by atoms with Crippen LogP contribution in [-0.4, -0.2) is 20.0 Å². The molecule has 0 aromatic carbocycles. The van der Waals surface area contributed by atoms with Crippen molar-refractivity contribution in [3.05, 3.63) is 11.8 Å². The van der Waals surface area contributed by atoms with E-state index in [2.05, 4.69) is 16.7 Å².